The summed E-state index contributed by atoms with van der Waals surface area (Å²) in [6.07, 6.45) is 0. The Bertz CT molecular complexity index is 750. The van der Waals surface area contributed by atoms with Gasteiger partial charge in [0.1, 0.15) is 22.8 Å². The molecule has 0 saturated heterocycles. The Morgan fingerprint density at radius 3 is 2.70 bits per heavy atom. The molecule has 2 aromatic heterocycles. The van der Waals surface area contributed by atoms with Crippen molar-refractivity contribution in [3.05, 3.63) is 24.0 Å². The van der Waals surface area contributed by atoms with Crippen LogP contribution in [0.1, 0.15) is 5.76 Å². The normalized spacial score (nSPS) is 10.8. The summed E-state index contributed by atoms with van der Waals surface area (Å²) in [5, 5.41) is 7.71. The first-order valence-electron chi connectivity index (χ1n) is 5.92. The minimum Gasteiger partial charge on any atom is -0.497 e. The lowest BCUT2D eigenvalue weighted by Gasteiger charge is -2.03. The van der Waals surface area contributed by atoms with Crippen molar-refractivity contribution in [1.29, 1.82) is 0 Å². The maximum Gasteiger partial charge on any atom is 0.189 e. The van der Waals surface area contributed by atoms with Crippen LogP contribution >= 0.6 is 11.3 Å². The molecule has 3 aromatic rings. The molecule has 0 saturated carbocycles. The third-order valence-corrected chi connectivity index (χ3v) is 3.67. The molecule has 0 atom stereocenters. The van der Waals surface area contributed by atoms with Gasteiger partial charge in [-0.05, 0) is 13.0 Å². The fourth-order valence-electron chi connectivity index (χ4n) is 1.84. The van der Waals surface area contributed by atoms with Crippen LogP contribution in [0.3, 0.4) is 0 Å². The van der Waals surface area contributed by atoms with Crippen LogP contribution in [0, 0.1) is 6.92 Å². The molecular formula is C13H13N3O3S. The Morgan fingerprint density at radius 1 is 1.20 bits per heavy atom. The Kier molecular flexibility index (Phi) is 3.19. The third-order valence-electron chi connectivity index (χ3n) is 2.75. The SMILES string of the molecule is COc1cc(OC)c2nc(Nc3cc(C)on3)sc2c1. The van der Waals surface area contributed by atoms with Crippen LogP contribution in [0.2, 0.25) is 0 Å². The van der Waals surface area contributed by atoms with Crippen molar-refractivity contribution in [3.63, 3.8) is 0 Å². The van der Waals surface area contributed by atoms with Gasteiger partial charge in [0.05, 0.1) is 18.9 Å². The molecule has 0 radical (unpaired) electrons. The number of aromatic nitrogens is 2. The smallest absolute Gasteiger partial charge is 0.189 e. The van der Waals surface area contributed by atoms with E-state index in [4.69, 9.17) is 14.0 Å². The summed E-state index contributed by atoms with van der Waals surface area (Å²) >= 11 is 1.50. The van der Waals surface area contributed by atoms with Crippen molar-refractivity contribution in [2.75, 3.05) is 19.5 Å². The quantitative estimate of drug-likeness (QED) is 0.795. The van der Waals surface area contributed by atoms with Crippen LogP contribution in [0.15, 0.2) is 22.7 Å². The Labute approximate surface area is 119 Å². The van der Waals surface area contributed by atoms with E-state index in [1.54, 1.807) is 14.2 Å². The first-order valence-corrected chi connectivity index (χ1v) is 6.74. The van der Waals surface area contributed by atoms with E-state index in [9.17, 15) is 0 Å². The van der Waals surface area contributed by atoms with Gasteiger partial charge in [0, 0.05) is 12.1 Å². The highest BCUT2D eigenvalue weighted by atomic mass is 32.1. The fourth-order valence-corrected chi connectivity index (χ4v) is 2.76. The number of hydrogen-bond acceptors (Lipinski definition) is 7. The number of benzene rings is 1. The van der Waals surface area contributed by atoms with E-state index in [1.807, 2.05) is 25.1 Å². The largest absolute Gasteiger partial charge is 0.497 e. The molecule has 0 aliphatic carbocycles. The number of thiazole rings is 1. The van der Waals surface area contributed by atoms with Gasteiger partial charge in [-0.3, -0.25) is 0 Å². The maximum absolute atomic E-state index is 5.34. The number of fused-ring (bicyclic) bond motifs is 1. The number of ether oxygens (including phenoxy) is 2. The van der Waals surface area contributed by atoms with Gasteiger partial charge in [0.15, 0.2) is 10.9 Å². The average Bonchev–Trinajstić information content (AvgIpc) is 3.03. The number of aryl methyl sites for hydroxylation is 1. The molecule has 104 valence electrons. The molecule has 0 unspecified atom stereocenters. The van der Waals surface area contributed by atoms with Gasteiger partial charge in [0.25, 0.3) is 0 Å². The summed E-state index contributed by atoms with van der Waals surface area (Å²) in [7, 11) is 3.24. The predicted octanol–water partition coefficient (Wildman–Crippen LogP) is 3.35. The summed E-state index contributed by atoms with van der Waals surface area (Å²) in [6, 6.07) is 5.55. The van der Waals surface area contributed by atoms with Crippen molar-refractivity contribution in [2.24, 2.45) is 0 Å². The highest BCUT2D eigenvalue weighted by molar-refractivity contribution is 7.22. The second kappa shape index (κ2) is 5.01. The van der Waals surface area contributed by atoms with Crippen LogP contribution in [0.25, 0.3) is 10.2 Å². The number of nitrogens with zero attached hydrogens (tertiary/aromatic N) is 2. The van der Waals surface area contributed by atoms with E-state index in [0.29, 0.717) is 11.6 Å². The second-order valence-electron chi connectivity index (χ2n) is 4.14. The standard InChI is InChI=1S/C13H13N3O3S/c1-7-4-11(16-19-7)14-13-15-12-9(18-3)5-8(17-2)6-10(12)20-13/h4-6H,1-3H3,(H,14,15,16). The van der Waals surface area contributed by atoms with Crippen molar-refractivity contribution in [1.82, 2.24) is 10.1 Å². The zero-order valence-electron chi connectivity index (χ0n) is 11.3. The van der Waals surface area contributed by atoms with Crippen LogP contribution in [-0.2, 0) is 0 Å². The molecule has 0 bridgehead atoms. The van der Waals surface area contributed by atoms with Crippen molar-refractivity contribution < 1.29 is 14.0 Å². The number of rotatable bonds is 4. The molecule has 0 aliphatic heterocycles. The summed E-state index contributed by atoms with van der Waals surface area (Å²) in [6.45, 7) is 1.84. The molecule has 3 rings (SSSR count). The van der Waals surface area contributed by atoms with E-state index >= 15 is 0 Å². The number of methoxy groups -OCH3 is 2. The second-order valence-corrected chi connectivity index (χ2v) is 5.17. The molecule has 0 aliphatic rings. The van der Waals surface area contributed by atoms with Crippen LogP contribution in [0.4, 0.5) is 10.9 Å². The molecule has 2 heterocycles. The monoisotopic (exact) mass is 291 g/mol. The van der Waals surface area contributed by atoms with Gasteiger partial charge in [0.2, 0.25) is 0 Å². The van der Waals surface area contributed by atoms with Gasteiger partial charge in [-0.25, -0.2) is 4.98 Å². The lowest BCUT2D eigenvalue weighted by atomic mass is 10.3. The van der Waals surface area contributed by atoms with Crippen LogP contribution in [-0.4, -0.2) is 24.4 Å². The zero-order valence-corrected chi connectivity index (χ0v) is 12.1. The topological polar surface area (TPSA) is 69.4 Å². The lowest BCUT2D eigenvalue weighted by Crippen LogP contribution is -1.90. The summed E-state index contributed by atoms with van der Waals surface area (Å²) in [4.78, 5) is 4.51. The summed E-state index contributed by atoms with van der Waals surface area (Å²) < 4.78 is 16.6. The molecule has 1 N–H and O–H groups in total. The summed E-state index contributed by atoms with van der Waals surface area (Å²) in [5.74, 6) is 2.79. The van der Waals surface area contributed by atoms with Gasteiger partial charge in [-0.15, -0.1) is 0 Å². The minimum absolute atomic E-state index is 0.632. The Balaban J connectivity index is 2.01. The average molecular weight is 291 g/mol. The van der Waals surface area contributed by atoms with Crippen molar-refractivity contribution in [3.8, 4) is 11.5 Å². The van der Waals surface area contributed by atoms with Gasteiger partial charge < -0.3 is 19.3 Å². The maximum atomic E-state index is 5.34. The molecule has 0 amide bonds. The van der Waals surface area contributed by atoms with Gasteiger partial charge >= 0.3 is 0 Å². The molecular weight excluding hydrogens is 278 g/mol. The van der Waals surface area contributed by atoms with E-state index in [2.05, 4.69) is 15.5 Å². The molecule has 0 fully saturated rings. The first-order chi connectivity index (χ1) is 9.69. The molecule has 7 heteroatoms. The molecule has 0 spiro atoms. The van der Waals surface area contributed by atoms with E-state index < -0.39 is 0 Å². The number of anilines is 2. The number of nitrogens with one attached hydrogen (secondary N) is 1. The number of hydrogen-bond donors (Lipinski definition) is 1. The molecule has 20 heavy (non-hydrogen) atoms. The zero-order chi connectivity index (χ0) is 14.1. The minimum atomic E-state index is 0.632. The van der Waals surface area contributed by atoms with E-state index in [-0.39, 0.29) is 0 Å². The molecule has 1 aromatic carbocycles. The van der Waals surface area contributed by atoms with Gasteiger partial charge in [-0.1, -0.05) is 16.5 Å². The van der Waals surface area contributed by atoms with Crippen LogP contribution < -0.4 is 14.8 Å². The molecule has 6 nitrogen and oxygen atoms in total. The van der Waals surface area contributed by atoms with E-state index in [1.165, 1.54) is 11.3 Å². The lowest BCUT2D eigenvalue weighted by molar-refractivity contribution is 0.397. The Hall–Kier alpha value is -2.28. The first kappa shape index (κ1) is 12.7. The Morgan fingerprint density at radius 2 is 2.05 bits per heavy atom. The predicted molar refractivity (Wildman–Crippen MR) is 77.2 cm³/mol. The third kappa shape index (κ3) is 2.27. The van der Waals surface area contributed by atoms with Crippen molar-refractivity contribution in [2.45, 2.75) is 6.92 Å². The van der Waals surface area contributed by atoms with Crippen LogP contribution in [0.5, 0.6) is 11.5 Å². The van der Waals surface area contributed by atoms with Crippen molar-refractivity contribution >= 4 is 32.5 Å². The van der Waals surface area contributed by atoms with Gasteiger partial charge in [-0.2, -0.15) is 0 Å². The highest BCUT2D eigenvalue weighted by Gasteiger charge is 2.12. The van der Waals surface area contributed by atoms with E-state index in [0.717, 1.165) is 26.9 Å². The fraction of sp³-hybridized carbons (Fsp3) is 0.231. The highest BCUT2D eigenvalue weighted by Crippen LogP contribution is 2.36. The summed E-state index contributed by atoms with van der Waals surface area (Å²) in [5.41, 5.74) is 0.793.